The highest BCUT2D eigenvalue weighted by Crippen LogP contribution is 2.28. The topological polar surface area (TPSA) is 55.7 Å². The van der Waals surface area contributed by atoms with Crippen LogP contribution in [0, 0.1) is 0 Å². The van der Waals surface area contributed by atoms with Crippen LogP contribution in [0.4, 0.5) is 11.4 Å². The van der Waals surface area contributed by atoms with Gasteiger partial charge in [-0.1, -0.05) is 25.0 Å². The van der Waals surface area contributed by atoms with Crippen molar-refractivity contribution < 1.29 is 10.2 Å². The van der Waals surface area contributed by atoms with Gasteiger partial charge < -0.3 is 20.4 Å². The molecule has 1 heterocycles. The van der Waals surface area contributed by atoms with E-state index < -0.39 is 0 Å². The molecule has 1 aromatic rings. The normalized spacial score (nSPS) is 16.2. The van der Waals surface area contributed by atoms with Gasteiger partial charge in [-0.25, -0.2) is 0 Å². The number of hydrogen-bond acceptors (Lipinski definition) is 4. The minimum absolute atomic E-state index is 0.132. The first kappa shape index (κ1) is 16.1. The van der Waals surface area contributed by atoms with E-state index in [1.807, 2.05) is 0 Å². The van der Waals surface area contributed by atoms with E-state index in [1.165, 1.54) is 11.4 Å². The number of nitrogens with zero attached hydrogens (tertiary/aromatic N) is 1. The molecule has 0 aliphatic carbocycles. The van der Waals surface area contributed by atoms with Gasteiger partial charge in [0.25, 0.3) is 0 Å². The Morgan fingerprint density at radius 2 is 1.76 bits per heavy atom. The van der Waals surface area contributed by atoms with Gasteiger partial charge in [-0.15, -0.1) is 0 Å². The van der Waals surface area contributed by atoms with Crippen LogP contribution >= 0.6 is 0 Å². The fourth-order valence-electron chi connectivity index (χ4n) is 2.82. The third kappa shape index (κ3) is 5.21. The Bertz CT molecular complexity index is 404. The average molecular weight is 292 g/mol. The van der Waals surface area contributed by atoms with Crippen LogP contribution in [0.5, 0.6) is 0 Å². The van der Waals surface area contributed by atoms with Crippen LogP contribution in [0.3, 0.4) is 0 Å². The van der Waals surface area contributed by atoms with Crippen LogP contribution in [0.1, 0.15) is 38.5 Å². The second-order valence-corrected chi connectivity index (χ2v) is 5.80. The molecular formula is C17H28N2O2. The van der Waals surface area contributed by atoms with Gasteiger partial charge in [0.15, 0.2) is 0 Å². The summed E-state index contributed by atoms with van der Waals surface area (Å²) in [5.41, 5.74) is 2.44. The van der Waals surface area contributed by atoms with Crippen LogP contribution in [0.25, 0.3) is 0 Å². The number of aliphatic hydroxyl groups is 2. The standard InChI is InChI=1S/C17H28N2O2/c20-14-6-2-1-5-11-18-16-7-3-4-8-17(16)19-12-9-15(21)10-13-19/h3-4,7-8,15,18,20-21H,1-2,5-6,9-14H2. The Labute approximate surface area is 127 Å². The van der Waals surface area contributed by atoms with Crippen molar-refractivity contribution in [1.82, 2.24) is 0 Å². The lowest BCUT2D eigenvalue weighted by molar-refractivity contribution is 0.145. The summed E-state index contributed by atoms with van der Waals surface area (Å²) < 4.78 is 0. The van der Waals surface area contributed by atoms with Gasteiger partial charge in [0.05, 0.1) is 17.5 Å². The summed E-state index contributed by atoms with van der Waals surface area (Å²) in [4.78, 5) is 2.36. The van der Waals surface area contributed by atoms with E-state index >= 15 is 0 Å². The number of piperidine rings is 1. The SMILES string of the molecule is OCCCCCCNc1ccccc1N1CCC(O)CC1. The second-order valence-electron chi connectivity index (χ2n) is 5.80. The molecule has 0 unspecified atom stereocenters. The molecule has 4 nitrogen and oxygen atoms in total. The fraction of sp³-hybridized carbons (Fsp3) is 0.647. The van der Waals surface area contributed by atoms with Gasteiger partial charge >= 0.3 is 0 Å². The van der Waals surface area contributed by atoms with Crippen molar-refractivity contribution in [2.24, 2.45) is 0 Å². The van der Waals surface area contributed by atoms with Crippen molar-refractivity contribution in [1.29, 1.82) is 0 Å². The number of aliphatic hydroxyl groups excluding tert-OH is 2. The number of rotatable bonds is 8. The lowest BCUT2D eigenvalue weighted by atomic mass is 10.1. The minimum Gasteiger partial charge on any atom is -0.396 e. The lowest BCUT2D eigenvalue weighted by Gasteiger charge is -2.33. The molecule has 1 fully saturated rings. The molecule has 0 radical (unpaired) electrons. The number of nitrogens with one attached hydrogen (secondary N) is 1. The molecular weight excluding hydrogens is 264 g/mol. The molecule has 1 aliphatic rings. The van der Waals surface area contributed by atoms with Gasteiger partial charge in [0.1, 0.15) is 0 Å². The van der Waals surface area contributed by atoms with Crippen molar-refractivity contribution >= 4 is 11.4 Å². The summed E-state index contributed by atoms with van der Waals surface area (Å²) in [6.45, 7) is 3.13. The quantitative estimate of drug-likeness (QED) is 0.645. The largest absolute Gasteiger partial charge is 0.396 e. The molecule has 1 aromatic carbocycles. The predicted octanol–water partition coefficient (Wildman–Crippen LogP) is 2.61. The van der Waals surface area contributed by atoms with Crippen LogP contribution in [-0.4, -0.2) is 42.6 Å². The number of hydrogen-bond donors (Lipinski definition) is 3. The molecule has 1 saturated heterocycles. The maximum atomic E-state index is 9.63. The molecule has 0 amide bonds. The van der Waals surface area contributed by atoms with Crippen LogP contribution < -0.4 is 10.2 Å². The third-order valence-electron chi connectivity index (χ3n) is 4.11. The smallest absolute Gasteiger partial charge is 0.0602 e. The van der Waals surface area contributed by atoms with Crippen molar-refractivity contribution in [2.45, 2.75) is 44.6 Å². The van der Waals surface area contributed by atoms with Crippen molar-refractivity contribution in [3.05, 3.63) is 24.3 Å². The molecule has 0 bridgehead atoms. The molecule has 4 heteroatoms. The average Bonchev–Trinajstić information content (AvgIpc) is 2.52. The first-order valence-electron chi connectivity index (χ1n) is 8.18. The second kappa shape index (κ2) is 8.90. The third-order valence-corrected chi connectivity index (χ3v) is 4.11. The van der Waals surface area contributed by atoms with Crippen molar-refractivity contribution in [2.75, 3.05) is 36.5 Å². The Kier molecular flexibility index (Phi) is 6.83. The van der Waals surface area contributed by atoms with Crippen LogP contribution in [-0.2, 0) is 0 Å². The summed E-state index contributed by atoms with van der Waals surface area (Å²) in [6, 6.07) is 8.43. The molecule has 118 valence electrons. The summed E-state index contributed by atoms with van der Waals surface area (Å²) in [6.07, 6.45) is 5.88. The Balaban J connectivity index is 1.82. The van der Waals surface area contributed by atoms with E-state index in [9.17, 15) is 5.11 Å². The van der Waals surface area contributed by atoms with E-state index in [-0.39, 0.29) is 6.10 Å². The number of anilines is 2. The van der Waals surface area contributed by atoms with Crippen LogP contribution in [0.15, 0.2) is 24.3 Å². The van der Waals surface area contributed by atoms with Crippen LogP contribution in [0.2, 0.25) is 0 Å². The Morgan fingerprint density at radius 3 is 2.52 bits per heavy atom. The first-order chi connectivity index (χ1) is 10.3. The molecule has 0 aromatic heterocycles. The number of para-hydroxylation sites is 2. The number of benzene rings is 1. The van der Waals surface area contributed by atoms with Gasteiger partial charge in [-0.05, 0) is 37.8 Å². The summed E-state index contributed by atoms with van der Waals surface area (Å²) in [5, 5.41) is 21.9. The molecule has 3 N–H and O–H groups in total. The van der Waals surface area contributed by atoms with E-state index in [0.717, 1.165) is 58.2 Å². The van der Waals surface area contributed by atoms with E-state index in [1.54, 1.807) is 0 Å². The highest BCUT2D eigenvalue weighted by atomic mass is 16.3. The fourth-order valence-corrected chi connectivity index (χ4v) is 2.82. The van der Waals surface area contributed by atoms with E-state index in [2.05, 4.69) is 34.5 Å². The van der Waals surface area contributed by atoms with Crippen molar-refractivity contribution in [3.63, 3.8) is 0 Å². The molecule has 21 heavy (non-hydrogen) atoms. The van der Waals surface area contributed by atoms with Gasteiger partial charge in [0, 0.05) is 26.2 Å². The zero-order chi connectivity index (χ0) is 14.9. The van der Waals surface area contributed by atoms with Gasteiger partial charge in [-0.3, -0.25) is 0 Å². The molecule has 0 atom stereocenters. The highest BCUT2D eigenvalue weighted by Gasteiger charge is 2.18. The Morgan fingerprint density at radius 1 is 1.05 bits per heavy atom. The first-order valence-corrected chi connectivity index (χ1v) is 8.18. The lowest BCUT2D eigenvalue weighted by Crippen LogP contribution is -2.36. The summed E-state index contributed by atoms with van der Waals surface area (Å²) in [7, 11) is 0. The number of unbranched alkanes of at least 4 members (excludes halogenated alkanes) is 3. The molecule has 0 saturated carbocycles. The predicted molar refractivity (Wildman–Crippen MR) is 87.9 cm³/mol. The van der Waals surface area contributed by atoms with Gasteiger partial charge in [0.2, 0.25) is 0 Å². The van der Waals surface area contributed by atoms with E-state index in [0.29, 0.717) is 6.61 Å². The highest BCUT2D eigenvalue weighted by molar-refractivity contribution is 5.70. The Hall–Kier alpha value is -1.26. The molecule has 1 aliphatic heterocycles. The van der Waals surface area contributed by atoms with Gasteiger partial charge in [-0.2, -0.15) is 0 Å². The van der Waals surface area contributed by atoms with E-state index in [4.69, 9.17) is 5.11 Å². The van der Waals surface area contributed by atoms with Crippen molar-refractivity contribution in [3.8, 4) is 0 Å². The maximum absolute atomic E-state index is 9.63. The molecule has 2 rings (SSSR count). The maximum Gasteiger partial charge on any atom is 0.0602 e. The summed E-state index contributed by atoms with van der Waals surface area (Å²) in [5.74, 6) is 0. The monoisotopic (exact) mass is 292 g/mol. The zero-order valence-corrected chi connectivity index (χ0v) is 12.8. The summed E-state index contributed by atoms with van der Waals surface area (Å²) >= 11 is 0. The minimum atomic E-state index is -0.132. The molecule has 0 spiro atoms. The zero-order valence-electron chi connectivity index (χ0n) is 12.8.